The zero-order chi connectivity index (χ0) is 14.3. The molecule has 1 aromatic carbocycles. The van der Waals surface area contributed by atoms with Crippen molar-refractivity contribution in [2.24, 2.45) is 11.8 Å². The van der Waals surface area contributed by atoms with Gasteiger partial charge in [-0.15, -0.1) is 0 Å². The van der Waals surface area contributed by atoms with Gasteiger partial charge < -0.3 is 15.3 Å². The van der Waals surface area contributed by atoms with Gasteiger partial charge in [-0.05, 0) is 50.2 Å². The third kappa shape index (κ3) is 2.52. The predicted molar refractivity (Wildman–Crippen MR) is 78.7 cm³/mol. The molecule has 2 aliphatic rings. The van der Waals surface area contributed by atoms with E-state index >= 15 is 0 Å². The van der Waals surface area contributed by atoms with Crippen LogP contribution in [-0.2, 0) is 0 Å². The summed E-state index contributed by atoms with van der Waals surface area (Å²) in [5.74, 6) is 0.963. The maximum absolute atomic E-state index is 12.3. The molecule has 0 aromatic heterocycles. The first-order valence-electron chi connectivity index (χ1n) is 7.34. The first-order chi connectivity index (χ1) is 9.52. The molecule has 1 aromatic rings. The zero-order valence-corrected chi connectivity index (χ0v) is 12.1. The number of carbonyl (C=O) groups excluding carboxylic acids is 1. The van der Waals surface area contributed by atoms with Crippen molar-refractivity contribution in [1.29, 1.82) is 0 Å². The minimum absolute atomic E-state index is 0.0131. The van der Waals surface area contributed by atoms with Gasteiger partial charge in [0.15, 0.2) is 0 Å². The van der Waals surface area contributed by atoms with E-state index in [0.29, 0.717) is 11.8 Å². The highest BCUT2D eigenvalue weighted by Crippen LogP contribution is 2.38. The Hall–Kier alpha value is -1.55. The van der Waals surface area contributed by atoms with Crippen LogP contribution >= 0.6 is 0 Å². The topological polar surface area (TPSA) is 52.6 Å². The van der Waals surface area contributed by atoms with Crippen molar-refractivity contribution >= 4 is 11.7 Å². The first kappa shape index (κ1) is 13.4. The van der Waals surface area contributed by atoms with Crippen molar-refractivity contribution in [1.82, 2.24) is 4.90 Å². The molecule has 0 bridgehead atoms. The van der Waals surface area contributed by atoms with Crippen molar-refractivity contribution < 1.29 is 9.90 Å². The molecule has 3 rings (SSSR count). The fourth-order valence-electron chi connectivity index (χ4n) is 3.58. The molecule has 1 unspecified atom stereocenters. The quantitative estimate of drug-likeness (QED) is 0.827. The van der Waals surface area contributed by atoms with Gasteiger partial charge in [-0.1, -0.05) is 17.7 Å². The number of amides is 2. The van der Waals surface area contributed by atoms with Crippen LogP contribution in [0, 0.1) is 25.7 Å². The van der Waals surface area contributed by atoms with Gasteiger partial charge in [-0.25, -0.2) is 4.79 Å². The van der Waals surface area contributed by atoms with E-state index < -0.39 is 0 Å². The standard InChI is InChI=1S/C16H22N2O2/c1-10-3-4-15(11(2)5-10)17-16(20)18-8-12-6-14(19)7-13(12)9-18/h3-5,12-14,19H,6-9H2,1-2H3,(H,17,20)/t12-,13+,14?. The van der Waals surface area contributed by atoms with Gasteiger partial charge in [0.05, 0.1) is 6.10 Å². The van der Waals surface area contributed by atoms with E-state index in [9.17, 15) is 9.90 Å². The van der Waals surface area contributed by atoms with Crippen LogP contribution in [-0.4, -0.2) is 35.2 Å². The van der Waals surface area contributed by atoms with E-state index in [4.69, 9.17) is 0 Å². The van der Waals surface area contributed by atoms with Crippen LogP contribution in [0.2, 0.25) is 0 Å². The van der Waals surface area contributed by atoms with Gasteiger partial charge >= 0.3 is 6.03 Å². The Bertz CT molecular complexity index is 515. The Morgan fingerprint density at radius 3 is 2.50 bits per heavy atom. The lowest BCUT2D eigenvalue weighted by atomic mass is 10.0. The summed E-state index contributed by atoms with van der Waals surface area (Å²) in [7, 11) is 0. The summed E-state index contributed by atoms with van der Waals surface area (Å²) in [6, 6.07) is 6.03. The highest BCUT2D eigenvalue weighted by molar-refractivity contribution is 5.90. The molecule has 1 heterocycles. The summed E-state index contributed by atoms with van der Waals surface area (Å²) in [5, 5.41) is 12.6. The van der Waals surface area contributed by atoms with Crippen molar-refractivity contribution in [2.75, 3.05) is 18.4 Å². The summed E-state index contributed by atoms with van der Waals surface area (Å²) in [6.45, 7) is 5.61. The van der Waals surface area contributed by atoms with E-state index in [1.807, 2.05) is 30.9 Å². The third-order valence-corrected chi connectivity index (χ3v) is 4.64. The number of benzene rings is 1. The van der Waals surface area contributed by atoms with Crippen LogP contribution in [0.5, 0.6) is 0 Å². The van der Waals surface area contributed by atoms with Crippen molar-refractivity contribution in [3.63, 3.8) is 0 Å². The third-order valence-electron chi connectivity index (χ3n) is 4.64. The average Bonchev–Trinajstić information content (AvgIpc) is 2.89. The van der Waals surface area contributed by atoms with Crippen LogP contribution in [0.25, 0.3) is 0 Å². The number of urea groups is 1. The maximum atomic E-state index is 12.3. The Morgan fingerprint density at radius 2 is 1.90 bits per heavy atom. The zero-order valence-electron chi connectivity index (χ0n) is 12.1. The molecule has 1 saturated heterocycles. The van der Waals surface area contributed by atoms with E-state index in [2.05, 4.69) is 11.4 Å². The summed E-state index contributed by atoms with van der Waals surface area (Å²) in [5.41, 5.74) is 3.18. The molecule has 2 N–H and O–H groups in total. The normalized spacial score (nSPS) is 28.6. The van der Waals surface area contributed by atoms with Gasteiger partial charge in [-0.3, -0.25) is 0 Å². The van der Waals surface area contributed by atoms with Gasteiger partial charge in [0.2, 0.25) is 0 Å². The summed E-state index contributed by atoms with van der Waals surface area (Å²) in [4.78, 5) is 14.2. The molecule has 0 spiro atoms. The number of anilines is 1. The summed E-state index contributed by atoms with van der Waals surface area (Å²) in [6.07, 6.45) is 1.53. The number of hydrogen-bond donors (Lipinski definition) is 2. The minimum Gasteiger partial charge on any atom is -0.393 e. The van der Waals surface area contributed by atoms with Crippen LogP contribution in [0.15, 0.2) is 18.2 Å². The number of nitrogens with zero attached hydrogens (tertiary/aromatic N) is 1. The molecule has 1 saturated carbocycles. The van der Waals surface area contributed by atoms with Crippen LogP contribution in [0.3, 0.4) is 0 Å². The molecular weight excluding hydrogens is 252 g/mol. The number of aliphatic hydroxyl groups is 1. The number of fused-ring (bicyclic) bond motifs is 1. The maximum Gasteiger partial charge on any atom is 0.321 e. The molecule has 2 fully saturated rings. The number of rotatable bonds is 1. The van der Waals surface area contributed by atoms with Crippen LogP contribution in [0.4, 0.5) is 10.5 Å². The second-order valence-corrected chi connectivity index (χ2v) is 6.30. The summed E-state index contributed by atoms with van der Waals surface area (Å²) < 4.78 is 0. The van der Waals surface area contributed by atoms with E-state index in [-0.39, 0.29) is 12.1 Å². The molecule has 1 aliphatic heterocycles. The predicted octanol–water partition coefficient (Wildman–Crippen LogP) is 2.54. The fourth-order valence-corrected chi connectivity index (χ4v) is 3.58. The van der Waals surface area contributed by atoms with Gasteiger partial charge in [-0.2, -0.15) is 0 Å². The van der Waals surface area contributed by atoms with Crippen molar-refractivity contribution in [3.05, 3.63) is 29.3 Å². The number of likely N-dealkylation sites (tertiary alicyclic amines) is 1. The molecular formula is C16H22N2O2. The fraction of sp³-hybridized carbons (Fsp3) is 0.562. The average molecular weight is 274 g/mol. The molecule has 108 valence electrons. The summed E-state index contributed by atoms with van der Waals surface area (Å²) >= 11 is 0. The number of carbonyl (C=O) groups is 1. The molecule has 2 amide bonds. The number of hydrogen-bond acceptors (Lipinski definition) is 2. The Labute approximate surface area is 119 Å². The number of aryl methyl sites for hydroxylation is 2. The molecule has 4 heteroatoms. The van der Waals surface area contributed by atoms with Gasteiger partial charge in [0, 0.05) is 18.8 Å². The highest BCUT2D eigenvalue weighted by Gasteiger charge is 2.41. The van der Waals surface area contributed by atoms with E-state index in [1.165, 1.54) is 5.56 Å². The Morgan fingerprint density at radius 1 is 1.25 bits per heavy atom. The van der Waals surface area contributed by atoms with Gasteiger partial charge in [0.25, 0.3) is 0 Å². The van der Waals surface area contributed by atoms with Crippen molar-refractivity contribution in [3.8, 4) is 0 Å². The second-order valence-electron chi connectivity index (χ2n) is 6.30. The molecule has 20 heavy (non-hydrogen) atoms. The number of aliphatic hydroxyl groups excluding tert-OH is 1. The highest BCUT2D eigenvalue weighted by atomic mass is 16.3. The SMILES string of the molecule is Cc1ccc(NC(=O)N2C[C@H]3CC(O)C[C@H]3C2)c(C)c1. The van der Waals surface area contributed by atoms with E-state index in [0.717, 1.165) is 37.2 Å². The minimum atomic E-state index is -0.158. The number of nitrogens with one attached hydrogen (secondary N) is 1. The molecule has 1 aliphatic carbocycles. The smallest absolute Gasteiger partial charge is 0.321 e. The lowest BCUT2D eigenvalue weighted by Crippen LogP contribution is -2.34. The monoisotopic (exact) mass is 274 g/mol. The van der Waals surface area contributed by atoms with Crippen LogP contribution in [0.1, 0.15) is 24.0 Å². The van der Waals surface area contributed by atoms with Crippen molar-refractivity contribution in [2.45, 2.75) is 32.8 Å². The molecule has 4 nitrogen and oxygen atoms in total. The van der Waals surface area contributed by atoms with E-state index in [1.54, 1.807) is 0 Å². The Balaban J connectivity index is 1.63. The van der Waals surface area contributed by atoms with Gasteiger partial charge in [0.1, 0.15) is 0 Å². The largest absolute Gasteiger partial charge is 0.393 e. The lowest BCUT2D eigenvalue weighted by molar-refractivity contribution is 0.163. The molecule has 0 radical (unpaired) electrons. The van der Waals surface area contributed by atoms with Crippen LogP contribution < -0.4 is 5.32 Å². The first-order valence-corrected chi connectivity index (χ1v) is 7.34. The lowest BCUT2D eigenvalue weighted by Gasteiger charge is -2.19. The Kier molecular flexibility index (Phi) is 3.42. The molecule has 3 atom stereocenters. The second kappa shape index (κ2) is 5.09.